The number of Topliss-reactive ketones (excluding diaryl/α,β-unsaturated/α-hetero) is 1. The number of hydrogen-bond donors (Lipinski definition) is 0. The van der Waals surface area contributed by atoms with Crippen molar-refractivity contribution in [3.8, 4) is 0 Å². The van der Waals surface area contributed by atoms with Gasteiger partial charge in [0.15, 0.2) is 0 Å². The standard InChI is InChI=1S/C18H26N2O/c1-4-7-10-14(5-2)17(21)13-18-19-15-11-8-9-12-16(15)20(18)6-3/h8-9,11-12,14H,4-7,10,13H2,1-3H3. The molecule has 0 saturated heterocycles. The molecule has 1 unspecified atom stereocenters. The van der Waals surface area contributed by atoms with Gasteiger partial charge in [0.25, 0.3) is 0 Å². The summed E-state index contributed by atoms with van der Waals surface area (Å²) in [5, 5.41) is 0. The summed E-state index contributed by atoms with van der Waals surface area (Å²) < 4.78 is 2.17. The van der Waals surface area contributed by atoms with Gasteiger partial charge in [0.05, 0.1) is 17.5 Å². The molecule has 2 aromatic rings. The third-order valence-corrected chi connectivity index (χ3v) is 4.24. The van der Waals surface area contributed by atoms with Crippen LogP contribution < -0.4 is 0 Å². The Morgan fingerprint density at radius 2 is 2.00 bits per heavy atom. The van der Waals surface area contributed by atoms with Gasteiger partial charge in [0.1, 0.15) is 11.6 Å². The van der Waals surface area contributed by atoms with Crippen molar-refractivity contribution in [1.82, 2.24) is 9.55 Å². The van der Waals surface area contributed by atoms with Crippen molar-refractivity contribution in [1.29, 1.82) is 0 Å². The fraction of sp³-hybridized carbons (Fsp3) is 0.556. The molecule has 114 valence electrons. The van der Waals surface area contributed by atoms with E-state index >= 15 is 0 Å². The van der Waals surface area contributed by atoms with Crippen LogP contribution in [0.4, 0.5) is 0 Å². The fourth-order valence-corrected chi connectivity index (χ4v) is 2.96. The number of fused-ring (bicyclic) bond motifs is 1. The summed E-state index contributed by atoms with van der Waals surface area (Å²) in [6.45, 7) is 7.25. The lowest BCUT2D eigenvalue weighted by Crippen LogP contribution is -2.18. The molecule has 0 aliphatic heterocycles. The summed E-state index contributed by atoms with van der Waals surface area (Å²) in [5.74, 6) is 1.45. The molecule has 21 heavy (non-hydrogen) atoms. The Morgan fingerprint density at radius 3 is 2.67 bits per heavy atom. The zero-order valence-corrected chi connectivity index (χ0v) is 13.4. The van der Waals surface area contributed by atoms with Gasteiger partial charge in [0, 0.05) is 12.5 Å². The van der Waals surface area contributed by atoms with E-state index in [2.05, 4.69) is 36.4 Å². The summed E-state index contributed by atoms with van der Waals surface area (Å²) >= 11 is 0. The number of carbonyl (C=O) groups is 1. The average Bonchev–Trinajstić information content (AvgIpc) is 2.85. The molecule has 1 atom stereocenters. The van der Waals surface area contributed by atoms with Gasteiger partial charge in [-0.2, -0.15) is 0 Å². The normalized spacial score (nSPS) is 12.7. The minimum atomic E-state index is 0.190. The SMILES string of the molecule is CCCCC(CC)C(=O)Cc1nc2ccccc2n1CC. The van der Waals surface area contributed by atoms with Gasteiger partial charge in [-0.05, 0) is 31.9 Å². The minimum Gasteiger partial charge on any atom is -0.328 e. The molecular weight excluding hydrogens is 260 g/mol. The van der Waals surface area contributed by atoms with Crippen molar-refractivity contribution in [3.63, 3.8) is 0 Å². The molecule has 0 spiro atoms. The summed E-state index contributed by atoms with van der Waals surface area (Å²) in [5.41, 5.74) is 2.12. The molecule has 3 nitrogen and oxygen atoms in total. The molecule has 0 fully saturated rings. The van der Waals surface area contributed by atoms with Gasteiger partial charge in [0.2, 0.25) is 0 Å². The lowest BCUT2D eigenvalue weighted by molar-refractivity contribution is -0.122. The third-order valence-electron chi connectivity index (χ3n) is 4.24. The molecule has 0 saturated carbocycles. The maximum Gasteiger partial charge on any atom is 0.143 e. The lowest BCUT2D eigenvalue weighted by atomic mass is 9.93. The zero-order chi connectivity index (χ0) is 15.2. The molecule has 0 aliphatic carbocycles. The first-order valence-electron chi connectivity index (χ1n) is 8.18. The molecule has 1 heterocycles. The molecule has 1 aromatic heterocycles. The van der Waals surface area contributed by atoms with Gasteiger partial charge in [-0.1, -0.05) is 38.8 Å². The number of para-hydroxylation sites is 2. The quantitative estimate of drug-likeness (QED) is 0.721. The Bertz CT molecular complexity index is 600. The molecule has 3 heteroatoms. The van der Waals surface area contributed by atoms with E-state index in [1.807, 2.05) is 18.2 Å². The summed E-state index contributed by atoms with van der Waals surface area (Å²) in [4.78, 5) is 17.2. The van der Waals surface area contributed by atoms with E-state index < -0.39 is 0 Å². The largest absolute Gasteiger partial charge is 0.328 e. The number of ketones is 1. The van der Waals surface area contributed by atoms with Crippen molar-refractivity contribution in [2.75, 3.05) is 0 Å². The fourth-order valence-electron chi connectivity index (χ4n) is 2.96. The van der Waals surface area contributed by atoms with Crippen molar-refractivity contribution in [3.05, 3.63) is 30.1 Å². The Labute approximate surface area is 127 Å². The zero-order valence-electron chi connectivity index (χ0n) is 13.4. The Hall–Kier alpha value is -1.64. The Balaban J connectivity index is 2.20. The number of carbonyl (C=O) groups excluding carboxylic acids is 1. The Kier molecular flexibility index (Phi) is 5.54. The van der Waals surface area contributed by atoms with Crippen LogP contribution in [-0.2, 0) is 17.8 Å². The van der Waals surface area contributed by atoms with Crippen molar-refractivity contribution in [2.24, 2.45) is 5.92 Å². The number of hydrogen-bond acceptors (Lipinski definition) is 2. The number of benzene rings is 1. The highest BCUT2D eigenvalue weighted by Gasteiger charge is 2.19. The second-order valence-electron chi connectivity index (χ2n) is 5.65. The smallest absolute Gasteiger partial charge is 0.143 e. The summed E-state index contributed by atoms with van der Waals surface area (Å²) in [6.07, 6.45) is 4.69. The van der Waals surface area contributed by atoms with Gasteiger partial charge in [-0.3, -0.25) is 4.79 Å². The first kappa shape index (κ1) is 15.7. The van der Waals surface area contributed by atoms with Crippen LogP contribution in [0.15, 0.2) is 24.3 Å². The molecule has 0 N–H and O–H groups in total. The first-order chi connectivity index (χ1) is 10.2. The van der Waals surface area contributed by atoms with Gasteiger partial charge >= 0.3 is 0 Å². The highest BCUT2D eigenvalue weighted by Crippen LogP contribution is 2.20. The van der Waals surface area contributed by atoms with Crippen LogP contribution in [0.3, 0.4) is 0 Å². The van der Waals surface area contributed by atoms with Crippen molar-refractivity contribution < 1.29 is 4.79 Å². The number of aryl methyl sites for hydroxylation is 1. The highest BCUT2D eigenvalue weighted by atomic mass is 16.1. The van der Waals surface area contributed by atoms with E-state index in [-0.39, 0.29) is 5.92 Å². The maximum atomic E-state index is 12.5. The minimum absolute atomic E-state index is 0.190. The molecular formula is C18H26N2O. The van der Waals surface area contributed by atoms with E-state index in [1.165, 1.54) is 0 Å². The number of unbranched alkanes of at least 4 members (excludes halogenated alkanes) is 1. The van der Waals surface area contributed by atoms with E-state index in [9.17, 15) is 4.79 Å². The van der Waals surface area contributed by atoms with Crippen LogP contribution in [0, 0.1) is 5.92 Å². The number of imidazole rings is 1. The van der Waals surface area contributed by atoms with Crippen LogP contribution >= 0.6 is 0 Å². The molecule has 0 radical (unpaired) electrons. The second-order valence-corrected chi connectivity index (χ2v) is 5.65. The number of nitrogens with zero attached hydrogens (tertiary/aromatic N) is 2. The predicted octanol–water partition coefficient (Wildman–Crippen LogP) is 4.38. The van der Waals surface area contributed by atoms with Crippen LogP contribution in [0.2, 0.25) is 0 Å². The molecule has 0 aliphatic rings. The van der Waals surface area contributed by atoms with Crippen LogP contribution in [-0.4, -0.2) is 15.3 Å². The van der Waals surface area contributed by atoms with Gasteiger partial charge in [-0.25, -0.2) is 4.98 Å². The highest BCUT2D eigenvalue weighted by molar-refractivity contribution is 5.84. The Morgan fingerprint density at radius 1 is 1.24 bits per heavy atom. The van der Waals surface area contributed by atoms with E-state index in [0.717, 1.165) is 49.1 Å². The molecule has 0 bridgehead atoms. The number of rotatable bonds is 8. The van der Waals surface area contributed by atoms with E-state index in [4.69, 9.17) is 0 Å². The lowest BCUT2D eigenvalue weighted by Gasteiger charge is -2.13. The number of aromatic nitrogens is 2. The summed E-state index contributed by atoms with van der Waals surface area (Å²) in [7, 11) is 0. The molecule has 2 rings (SSSR count). The topological polar surface area (TPSA) is 34.9 Å². The van der Waals surface area contributed by atoms with E-state index in [0.29, 0.717) is 12.2 Å². The van der Waals surface area contributed by atoms with Gasteiger partial charge < -0.3 is 4.57 Å². The van der Waals surface area contributed by atoms with E-state index in [1.54, 1.807) is 0 Å². The second kappa shape index (κ2) is 7.39. The predicted molar refractivity (Wildman–Crippen MR) is 87.4 cm³/mol. The van der Waals surface area contributed by atoms with Gasteiger partial charge in [-0.15, -0.1) is 0 Å². The average molecular weight is 286 g/mol. The molecule has 1 aromatic carbocycles. The third kappa shape index (κ3) is 3.52. The maximum absolute atomic E-state index is 12.5. The van der Waals surface area contributed by atoms with Crippen LogP contribution in [0.5, 0.6) is 0 Å². The summed E-state index contributed by atoms with van der Waals surface area (Å²) in [6, 6.07) is 8.12. The molecule has 0 amide bonds. The van der Waals surface area contributed by atoms with Crippen LogP contribution in [0.1, 0.15) is 52.3 Å². The van der Waals surface area contributed by atoms with Crippen molar-refractivity contribution in [2.45, 2.75) is 59.4 Å². The van der Waals surface area contributed by atoms with Crippen molar-refractivity contribution >= 4 is 16.8 Å². The van der Waals surface area contributed by atoms with Crippen LogP contribution in [0.25, 0.3) is 11.0 Å². The first-order valence-corrected chi connectivity index (χ1v) is 8.18. The monoisotopic (exact) mass is 286 g/mol.